The number of aromatic nitrogens is 3. The van der Waals surface area contributed by atoms with E-state index in [4.69, 9.17) is 0 Å². The van der Waals surface area contributed by atoms with Crippen molar-refractivity contribution in [2.24, 2.45) is 0 Å². The molecule has 0 spiro atoms. The number of halogens is 1. The molecule has 1 aliphatic heterocycles. The molecule has 1 fully saturated rings. The normalized spacial score (nSPS) is 17.4. The van der Waals surface area contributed by atoms with Crippen LogP contribution in [0.5, 0.6) is 0 Å². The van der Waals surface area contributed by atoms with E-state index in [1.165, 1.54) is 23.9 Å². The summed E-state index contributed by atoms with van der Waals surface area (Å²) in [4.78, 5) is 14.6. The quantitative estimate of drug-likeness (QED) is 0.489. The Kier molecular flexibility index (Phi) is 6.61. The highest BCUT2D eigenvalue weighted by atomic mass is 32.2. The van der Waals surface area contributed by atoms with Crippen LogP contribution in [-0.2, 0) is 14.6 Å². The summed E-state index contributed by atoms with van der Waals surface area (Å²) in [7, 11) is -3.08. The van der Waals surface area contributed by atoms with Gasteiger partial charge in [0.25, 0.3) is 0 Å². The molecule has 0 aliphatic carbocycles. The molecule has 7 nitrogen and oxygen atoms in total. The first kappa shape index (κ1) is 22.5. The van der Waals surface area contributed by atoms with E-state index in [1.54, 1.807) is 17.0 Å². The van der Waals surface area contributed by atoms with Gasteiger partial charge in [0.15, 0.2) is 20.8 Å². The van der Waals surface area contributed by atoms with Gasteiger partial charge in [0.1, 0.15) is 5.82 Å². The van der Waals surface area contributed by atoms with Gasteiger partial charge >= 0.3 is 0 Å². The van der Waals surface area contributed by atoms with Gasteiger partial charge in [0.05, 0.1) is 17.3 Å². The number of amides is 1. The summed E-state index contributed by atoms with van der Waals surface area (Å²) in [6, 6.07) is 15.2. The molecule has 2 aromatic carbocycles. The van der Waals surface area contributed by atoms with E-state index in [2.05, 4.69) is 10.2 Å². The second-order valence-electron chi connectivity index (χ2n) is 7.51. The molecule has 168 valence electrons. The highest BCUT2D eigenvalue weighted by Crippen LogP contribution is 2.29. The first-order chi connectivity index (χ1) is 15.4. The predicted molar refractivity (Wildman–Crippen MR) is 122 cm³/mol. The zero-order valence-corrected chi connectivity index (χ0v) is 19.2. The lowest BCUT2D eigenvalue weighted by Gasteiger charge is -2.26. The van der Waals surface area contributed by atoms with Crippen molar-refractivity contribution in [2.75, 3.05) is 23.8 Å². The molecule has 0 radical (unpaired) electrons. The van der Waals surface area contributed by atoms with Crippen molar-refractivity contribution in [3.05, 3.63) is 60.4 Å². The Morgan fingerprint density at radius 3 is 2.50 bits per heavy atom. The number of rotatable bonds is 7. The second-order valence-corrected chi connectivity index (χ2v) is 10.7. The summed E-state index contributed by atoms with van der Waals surface area (Å²) < 4.78 is 38.9. The van der Waals surface area contributed by atoms with Crippen molar-refractivity contribution >= 4 is 27.5 Å². The Hall–Kier alpha value is -2.72. The van der Waals surface area contributed by atoms with Crippen LogP contribution in [0.25, 0.3) is 17.1 Å². The molecule has 32 heavy (non-hydrogen) atoms. The molecule has 0 bridgehead atoms. The van der Waals surface area contributed by atoms with Gasteiger partial charge in [0, 0.05) is 23.8 Å². The van der Waals surface area contributed by atoms with Crippen LogP contribution in [-0.4, -0.2) is 63.8 Å². The number of hydrogen-bond donors (Lipinski definition) is 0. The number of benzene rings is 2. The van der Waals surface area contributed by atoms with Gasteiger partial charge in [0.2, 0.25) is 5.91 Å². The van der Waals surface area contributed by atoms with Crippen molar-refractivity contribution in [1.29, 1.82) is 0 Å². The van der Waals surface area contributed by atoms with Gasteiger partial charge in [-0.3, -0.25) is 9.36 Å². The highest BCUT2D eigenvalue weighted by Gasteiger charge is 2.34. The van der Waals surface area contributed by atoms with Gasteiger partial charge < -0.3 is 4.90 Å². The third-order valence-electron chi connectivity index (χ3n) is 5.39. The smallest absolute Gasteiger partial charge is 0.233 e. The Morgan fingerprint density at radius 2 is 1.88 bits per heavy atom. The molecule has 4 rings (SSSR count). The first-order valence-corrected chi connectivity index (χ1v) is 13.1. The molecule has 3 aromatic rings. The lowest BCUT2D eigenvalue weighted by atomic mass is 10.2. The Morgan fingerprint density at radius 1 is 1.16 bits per heavy atom. The van der Waals surface area contributed by atoms with Crippen molar-refractivity contribution in [3.8, 4) is 17.1 Å². The summed E-state index contributed by atoms with van der Waals surface area (Å²) in [5, 5.41) is 9.11. The summed E-state index contributed by atoms with van der Waals surface area (Å²) in [5.74, 6) is 0.322. The average Bonchev–Trinajstić information content (AvgIpc) is 3.37. The van der Waals surface area contributed by atoms with E-state index in [-0.39, 0.29) is 35.0 Å². The molecular weight excluding hydrogens is 451 g/mol. The van der Waals surface area contributed by atoms with E-state index < -0.39 is 9.84 Å². The summed E-state index contributed by atoms with van der Waals surface area (Å²) in [6.07, 6.45) is 0.474. The number of nitrogens with zero attached hydrogens (tertiary/aromatic N) is 4. The van der Waals surface area contributed by atoms with Crippen LogP contribution in [0, 0.1) is 5.82 Å². The molecule has 1 aromatic heterocycles. The Bertz CT molecular complexity index is 1200. The van der Waals surface area contributed by atoms with Crippen LogP contribution < -0.4 is 0 Å². The second kappa shape index (κ2) is 9.41. The summed E-state index contributed by atoms with van der Waals surface area (Å²) in [5.41, 5.74) is 1.52. The minimum Gasteiger partial charge on any atom is -0.338 e. The van der Waals surface area contributed by atoms with Gasteiger partial charge in [-0.25, -0.2) is 12.8 Å². The van der Waals surface area contributed by atoms with Crippen LogP contribution >= 0.6 is 11.8 Å². The van der Waals surface area contributed by atoms with E-state index >= 15 is 0 Å². The van der Waals surface area contributed by atoms with Crippen LogP contribution in [0.15, 0.2) is 59.8 Å². The van der Waals surface area contributed by atoms with E-state index in [1.807, 2.05) is 41.8 Å². The zero-order chi connectivity index (χ0) is 22.7. The maximum absolute atomic E-state index is 13.4. The molecular formula is C22H23FN4O3S2. The number of hydrogen-bond acceptors (Lipinski definition) is 6. The minimum absolute atomic E-state index is 0.0200. The third kappa shape index (κ3) is 4.86. The Balaban J connectivity index is 1.58. The van der Waals surface area contributed by atoms with Crippen molar-refractivity contribution in [2.45, 2.75) is 24.5 Å². The zero-order valence-electron chi connectivity index (χ0n) is 17.5. The fourth-order valence-corrected chi connectivity index (χ4v) is 6.40. The van der Waals surface area contributed by atoms with Crippen LogP contribution in [0.3, 0.4) is 0 Å². The highest BCUT2D eigenvalue weighted by molar-refractivity contribution is 7.99. The molecule has 10 heteroatoms. The monoisotopic (exact) mass is 474 g/mol. The van der Waals surface area contributed by atoms with Crippen LogP contribution in [0.2, 0.25) is 0 Å². The SMILES string of the molecule is CCN(C(=O)CSc1nnc(-c2ccc(F)cc2)n1-c1ccccc1)C1CCS(=O)(=O)C1. The fraction of sp³-hybridized carbons (Fsp3) is 0.318. The maximum Gasteiger partial charge on any atom is 0.233 e. The number of carbonyl (C=O) groups excluding carboxylic acids is 1. The Labute approximate surface area is 190 Å². The fourth-order valence-electron chi connectivity index (χ4n) is 3.83. The molecule has 1 aliphatic rings. The largest absolute Gasteiger partial charge is 0.338 e. The molecule has 1 amide bonds. The lowest BCUT2D eigenvalue weighted by molar-refractivity contribution is -0.129. The third-order valence-corrected chi connectivity index (χ3v) is 8.05. The minimum atomic E-state index is -3.08. The number of sulfone groups is 1. The molecule has 0 saturated carbocycles. The maximum atomic E-state index is 13.4. The van der Waals surface area contributed by atoms with Gasteiger partial charge in [-0.15, -0.1) is 10.2 Å². The van der Waals surface area contributed by atoms with Gasteiger partial charge in [-0.05, 0) is 49.7 Å². The molecule has 2 heterocycles. The van der Waals surface area contributed by atoms with E-state index in [0.29, 0.717) is 29.5 Å². The molecule has 0 N–H and O–H groups in total. The van der Waals surface area contributed by atoms with E-state index in [9.17, 15) is 17.6 Å². The predicted octanol–water partition coefficient (Wildman–Crippen LogP) is 3.20. The van der Waals surface area contributed by atoms with Crippen LogP contribution in [0.1, 0.15) is 13.3 Å². The lowest BCUT2D eigenvalue weighted by Crippen LogP contribution is -2.42. The average molecular weight is 475 g/mol. The standard InChI is InChI=1S/C22H23FN4O3S2/c1-2-26(19-12-13-32(29,30)15-19)20(28)14-31-22-25-24-21(16-8-10-17(23)11-9-16)27(22)18-6-4-3-5-7-18/h3-11,19H,2,12-15H2,1H3. The summed E-state index contributed by atoms with van der Waals surface area (Å²) >= 11 is 1.25. The molecule has 1 atom stereocenters. The molecule has 1 saturated heterocycles. The van der Waals surface area contributed by atoms with E-state index in [0.717, 1.165) is 5.69 Å². The topological polar surface area (TPSA) is 85.2 Å². The van der Waals surface area contributed by atoms with Gasteiger partial charge in [-0.2, -0.15) is 0 Å². The van der Waals surface area contributed by atoms with Crippen molar-refractivity contribution < 1.29 is 17.6 Å². The van der Waals surface area contributed by atoms with Crippen molar-refractivity contribution in [3.63, 3.8) is 0 Å². The summed E-state index contributed by atoms with van der Waals surface area (Å²) in [6.45, 7) is 2.30. The van der Waals surface area contributed by atoms with Gasteiger partial charge in [-0.1, -0.05) is 30.0 Å². The van der Waals surface area contributed by atoms with Crippen LogP contribution in [0.4, 0.5) is 4.39 Å². The molecule has 1 unspecified atom stereocenters. The first-order valence-electron chi connectivity index (χ1n) is 10.3. The number of para-hydroxylation sites is 1. The van der Waals surface area contributed by atoms with Crippen molar-refractivity contribution in [1.82, 2.24) is 19.7 Å². The number of thioether (sulfide) groups is 1. The number of carbonyl (C=O) groups is 1.